The normalized spacial score (nSPS) is 28.1. The molecule has 1 amide bonds. The quantitative estimate of drug-likeness (QED) is 0.318. The monoisotopic (exact) mass is 344 g/mol. The summed E-state index contributed by atoms with van der Waals surface area (Å²) in [6, 6.07) is -1.27. The average molecular weight is 344 g/mol. The van der Waals surface area contributed by atoms with Crippen molar-refractivity contribution in [2.75, 3.05) is 6.79 Å². The van der Waals surface area contributed by atoms with Gasteiger partial charge in [-0.1, -0.05) is 19.8 Å². The number of hydrogen-bond acceptors (Lipinski definition) is 7. The molecule has 130 valence electrons. The molecule has 0 aromatic carbocycles. The largest absolute Gasteiger partial charge is 0.428 e. The third kappa shape index (κ3) is 3.63. The van der Waals surface area contributed by atoms with Crippen LogP contribution in [-0.4, -0.2) is 51.7 Å². The number of nitrogens with two attached hydrogens (primary N) is 1. The molecule has 2 aliphatic rings. The number of carbonyl (C=O) groups excluding carboxylic acids is 3. The number of unbranched alkanes of at least 4 members (excludes halogenated alkanes) is 2. The molecular weight excluding hydrogens is 320 g/mol. The maximum absolute atomic E-state index is 12.3. The molecule has 0 spiro atoms. The number of hydrogen-bond donors (Lipinski definition) is 1. The Bertz CT molecular complexity index is 496. The Morgan fingerprint density at radius 1 is 1.30 bits per heavy atom. The molecule has 0 radical (unpaired) electrons. The number of nitrogens with zero attached hydrogens (tertiary/aromatic N) is 1. The van der Waals surface area contributed by atoms with Gasteiger partial charge in [-0.25, -0.2) is 4.79 Å². The van der Waals surface area contributed by atoms with Gasteiger partial charge < -0.3 is 20.1 Å². The van der Waals surface area contributed by atoms with Crippen molar-refractivity contribution in [3.63, 3.8) is 0 Å². The van der Waals surface area contributed by atoms with Crippen LogP contribution < -0.4 is 5.73 Å². The highest BCUT2D eigenvalue weighted by Gasteiger charge is 2.63. The van der Waals surface area contributed by atoms with Crippen LogP contribution in [0, 0.1) is 0 Å². The summed E-state index contributed by atoms with van der Waals surface area (Å²) in [6.07, 6.45) is 3.06. The highest BCUT2D eigenvalue weighted by Crippen LogP contribution is 2.50. The minimum atomic E-state index is -0.705. The van der Waals surface area contributed by atoms with E-state index in [1.165, 1.54) is 16.7 Å². The summed E-state index contributed by atoms with van der Waals surface area (Å²) >= 11 is 1.49. The van der Waals surface area contributed by atoms with Gasteiger partial charge in [0.05, 0.1) is 0 Å². The van der Waals surface area contributed by atoms with Crippen molar-refractivity contribution in [1.29, 1.82) is 0 Å². The number of thioether (sulfide) groups is 1. The summed E-state index contributed by atoms with van der Waals surface area (Å²) in [6.45, 7) is 5.38. The van der Waals surface area contributed by atoms with Gasteiger partial charge in [-0.15, -0.1) is 11.8 Å². The van der Waals surface area contributed by atoms with Crippen molar-refractivity contribution in [2.45, 2.75) is 68.7 Å². The van der Waals surface area contributed by atoms with Crippen LogP contribution in [0.2, 0.25) is 0 Å². The van der Waals surface area contributed by atoms with Crippen molar-refractivity contribution >= 4 is 29.6 Å². The summed E-state index contributed by atoms with van der Waals surface area (Å²) in [5.41, 5.74) is 5.75. The number of esters is 2. The zero-order valence-corrected chi connectivity index (χ0v) is 14.6. The molecule has 0 unspecified atom stereocenters. The Hall–Kier alpha value is -1.28. The topological polar surface area (TPSA) is 98.9 Å². The third-order valence-electron chi connectivity index (χ3n) is 4.11. The van der Waals surface area contributed by atoms with Gasteiger partial charge in [0.2, 0.25) is 12.7 Å². The van der Waals surface area contributed by atoms with Gasteiger partial charge in [0.1, 0.15) is 17.5 Å². The smallest absolute Gasteiger partial charge is 0.333 e. The second kappa shape index (κ2) is 7.09. The molecule has 2 aliphatic heterocycles. The highest BCUT2D eigenvalue weighted by molar-refractivity contribution is 8.01. The fourth-order valence-corrected chi connectivity index (χ4v) is 4.41. The predicted molar refractivity (Wildman–Crippen MR) is 85.3 cm³/mol. The Kier molecular flexibility index (Phi) is 5.57. The van der Waals surface area contributed by atoms with Crippen molar-refractivity contribution in [3.8, 4) is 0 Å². The van der Waals surface area contributed by atoms with Crippen molar-refractivity contribution < 1.29 is 23.9 Å². The Balaban J connectivity index is 1.81. The maximum Gasteiger partial charge on any atom is 0.333 e. The van der Waals surface area contributed by atoms with Crippen molar-refractivity contribution in [1.82, 2.24) is 4.90 Å². The molecule has 23 heavy (non-hydrogen) atoms. The van der Waals surface area contributed by atoms with E-state index in [9.17, 15) is 14.4 Å². The molecule has 7 nitrogen and oxygen atoms in total. The molecule has 0 saturated carbocycles. The van der Waals surface area contributed by atoms with Gasteiger partial charge in [0.25, 0.3) is 0 Å². The maximum atomic E-state index is 12.3. The zero-order valence-electron chi connectivity index (χ0n) is 13.7. The summed E-state index contributed by atoms with van der Waals surface area (Å²) in [7, 11) is 0. The number of ether oxygens (including phenoxy) is 2. The van der Waals surface area contributed by atoms with Crippen LogP contribution in [0.5, 0.6) is 0 Å². The molecule has 0 aliphatic carbocycles. The van der Waals surface area contributed by atoms with Gasteiger partial charge in [-0.3, -0.25) is 9.59 Å². The van der Waals surface area contributed by atoms with Crippen LogP contribution in [-0.2, 0) is 23.9 Å². The van der Waals surface area contributed by atoms with E-state index in [1.807, 2.05) is 20.8 Å². The Morgan fingerprint density at radius 2 is 2.00 bits per heavy atom. The average Bonchev–Trinajstić information content (AvgIpc) is 2.75. The Labute approximate surface area is 140 Å². The van der Waals surface area contributed by atoms with Crippen LogP contribution in [0.4, 0.5) is 0 Å². The van der Waals surface area contributed by atoms with Gasteiger partial charge in [0.15, 0.2) is 0 Å². The van der Waals surface area contributed by atoms with E-state index in [0.29, 0.717) is 6.42 Å². The molecule has 0 aromatic heterocycles. The SMILES string of the molecule is CCCCCC(=O)OCOC(=O)[C@@H]1N2C(=O)[C@@H](N)[C@H]2SC1(C)C. The van der Waals surface area contributed by atoms with Gasteiger partial charge in [-0.05, 0) is 20.3 Å². The summed E-state index contributed by atoms with van der Waals surface area (Å²) in [5.74, 6) is -1.19. The number of fused-ring (bicyclic) bond motifs is 1. The summed E-state index contributed by atoms with van der Waals surface area (Å²) < 4.78 is 9.45. The highest BCUT2D eigenvalue weighted by atomic mass is 32.2. The summed E-state index contributed by atoms with van der Waals surface area (Å²) in [4.78, 5) is 37.1. The predicted octanol–water partition coefficient (Wildman–Crippen LogP) is 1.00. The first-order chi connectivity index (χ1) is 10.8. The minimum absolute atomic E-state index is 0.188. The lowest BCUT2D eigenvalue weighted by Gasteiger charge is -2.41. The lowest BCUT2D eigenvalue weighted by atomic mass is 9.96. The van der Waals surface area contributed by atoms with E-state index in [-0.39, 0.29) is 17.3 Å². The molecule has 8 heteroatoms. The van der Waals surface area contributed by atoms with E-state index >= 15 is 0 Å². The minimum Gasteiger partial charge on any atom is -0.428 e. The number of amides is 1. The van der Waals surface area contributed by atoms with E-state index in [2.05, 4.69) is 0 Å². The fraction of sp³-hybridized carbons (Fsp3) is 0.800. The number of β-lactam (4-membered cyclic amide) rings is 1. The molecule has 2 N–H and O–H groups in total. The lowest BCUT2D eigenvalue weighted by molar-refractivity contribution is -0.176. The molecule has 2 saturated heterocycles. The molecule has 2 fully saturated rings. The lowest BCUT2D eigenvalue weighted by Crippen LogP contribution is -2.68. The fourth-order valence-electron chi connectivity index (χ4n) is 2.85. The number of carbonyl (C=O) groups is 3. The zero-order chi connectivity index (χ0) is 17.2. The van der Waals surface area contributed by atoms with Crippen LogP contribution in [0.25, 0.3) is 0 Å². The molecule has 3 atom stereocenters. The molecule has 2 heterocycles. The summed E-state index contributed by atoms with van der Waals surface area (Å²) in [5, 5.41) is -0.188. The van der Waals surface area contributed by atoms with Crippen LogP contribution in [0.15, 0.2) is 0 Å². The van der Waals surface area contributed by atoms with Crippen LogP contribution in [0.1, 0.15) is 46.5 Å². The standard InChI is InChI=1S/C15H24N2O5S/c1-4-5-6-7-9(18)21-8-22-14(20)11-15(2,3)23-13-10(16)12(19)17(11)13/h10-11,13H,4-8,16H2,1-3H3/t10-,11+,13-/m1/s1. The van der Waals surface area contributed by atoms with Gasteiger partial charge >= 0.3 is 11.9 Å². The molecular formula is C15H24N2O5S. The number of rotatable bonds is 7. The first kappa shape index (κ1) is 18.1. The molecule has 0 bridgehead atoms. The van der Waals surface area contributed by atoms with Crippen LogP contribution in [0.3, 0.4) is 0 Å². The second-order valence-corrected chi connectivity index (χ2v) is 8.11. The van der Waals surface area contributed by atoms with Crippen molar-refractivity contribution in [3.05, 3.63) is 0 Å². The first-order valence-electron chi connectivity index (χ1n) is 7.87. The van der Waals surface area contributed by atoms with E-state index < -0.39 is 29.6 Å². The van der Waals surface area contributed by atoms with Crippen LogP contribution >= 0.6 is 11.8 Å². The van der Waals surface area contributed by atoms with E-state index in [1.54, 1.807) is 0 Å². The first-order valence-corrected chi connectivity index (χ1v) is 8.75. The Morgan fingerprint density at radius 3 is 2.65 bits per heavy atom. The van der Waals surface area contributed by atoms with E-state index in [4.69, 9.17) is 15.2 Å². The van der Waals surface area contributed by atoms with Gasteiger partial charge in [0, 0.05) is 11.2 Å². The molecule has 2 rings (SSSR count). The van der Waals surface area contributed by atoms with E-state index in [0.717, 1.165) is 19.3 Å². The van der Waals surface area contributed by atoms with Crippen molar-refractivity contribution in [2.24, 2.45) is 5.73 Å². The second-order valence-electron chi connectivity index (χ2n) is 6.34. The third-order valence-corrected chi connectivity index (χ3v) is 5.70. The molecule has 0 aromatic rings. The van der Waals surface area contributed by atoms with Gasteiger partial charge in [-0.2, -0.15) is 0 Å².